The summed E-state index contributed by atoms with van der Waals surface area (Å²) in [5.41, 5.74) is 0.534. The van der Waals surface area contributed by atoms with Crippen LogP contribution in [0.2, 0.25) is 0 Å². The molecular formula is C23H25F2N7O2. The molecule has 1 unspecified atom stereocenters. The predicted octanol–water partition coefficient (Wildman–Crippen LogP) is 3.28. The SMILES string of the molecule is COc1cccc(-c2nc(Nc3ccncc3F)c3c(CNCC(F)C(C)(C)O)ccn3n2)n1. The molecular weight excluding hydrogens is 444 g/mol. The first-order valence-electron chi connectivity index (χ1n) is 10.6. The van der Waals surface area contributed by atoms with Crippen LogP contribution in [0.25, 0.3) is 17.0 Å². The number of hydrogen-bond donors (Lipinski definition) is 3. The highest BCUT2D eigenvalue weighted by molar-refractivity contribution is 5.78. The number of rotatable bonds is 9. The molecule has 0 amide bonds. The second kappa shape index (κ2) is 9.65. The summed E-state index contributed by atoms with van der Waals surface area (Å²) in [4.78, 5) is 12.8. The molecule has 0 aromatic carbocycles. The number of hydrogen-bond acceptors (Lipinski definition) is 8. The Bertz CT molecular complexity index is 1290. The molecule has 4 heterocycles. The Hall–Kier alpha value is -3.70. The van der Waals surface area contributed by atoms with Gasteiger partial charge in [-0.3, -0.25) is 4.98 Å². The smallest absolute Gasteiger partial charge is 0.213 e. The maximum atomic E-state index is 14.3. The summed E-state index contributed by atoms with van der Waals surface area (Å²) in [7, 11) is 1.51. The fraction of sp³-hybridized carbons (Fsp3) is 0.304. The van der Waals surface area contributed by atoms with E-state index >= 15 is 0 Å². The molecule has 4 aromatic rings. The van der Waals surface area contributed by atoms with Crippen LogP contribution in [0.5, 0.6) is 5.88 Å². The number of nitrogens with zero attached hydrogens (tertiary/aromatic N) is 5. The standard InChI is InChI=1S/C23H25F2N7O2/c1-23(2,33)18(25)13-27-11-14-8-10-32-20(14)22(29-16-7-9-26-12-15(16)24)30-21(31-32)17-5-4-6-19(28-17)34-3/h4-10,12,18,27,33H,11,13H2,1-3H3,(H,26,29,30,31). The van der Waals surface area contributed by atoms with Crippen LogP contribution >= 0.6 is 0 Å². The van der Waals surface area contributed by atoms with Crippen LogP contribution in [0.15, 0.2) is 48.9 Å². The van der Waals surface area contributed by atoms with E-state index in [4.69, 9.17) is 4.74 Å². The van der Waals surface area contributed by atoms with Crippen molar-refractivity contribution in [2.45, 2.75) is 32.2 Å². The van der Waals surface area contributed by atoms with E-state index in [2.05, 4.69) is 30.7 Å². The molecule has 3 N–H and O–H groups in total. The average Bonchev–Trinajstić information content (AvgIpc) is 3.23. The van der Waals surface area contributed by atoms with E-state index < -0.39 is 17.6 Å². The third-order valence-corrected chi connectivity index (χ3v) is 5.19. The van der Waals surface area contributed by atoms with Gasteiger partial charge in [-0.05, 0) is 37.6 Å². The number of aromatic nitrogens is 5. The van der Waals surface area contributed by atoms with Gasteiger partial charge in [0, 0.05) is 31.5 Å². The fourth-order valence-corrected chi connectivity index (χ4v) is 3.27. The van der Waals surface area contributed by atoms with Crippen LogP contribution in [0, 0.1) is 5.82 Å². The van der Waals surface area contributed by atoms with Gasteiger partial charge >= 0.3 is 0 Å². The van der Waals surface area contributed by atoms with Crippen molar-refractivity contribution in [1.82, 2.24) is 29.9 Å². The van der Waals surface area contributed by atoms with Gasteiger partial charge < -0.3 is 20.5 Å². The Balaban J connectivity index is 1.73. The van der Waals surface area contributed by atoms with E-state index in [1.165, 1.54) is 33.2 Å². The van der Waals surface area contributed by atoms with Crippen molar-refractivity contribution in [1.29, 1.82) is 0 Å². The second-order valence-electron chi connectivity index (χ2n) is 8.22. The lowest BCUT2D eigenvalue weighted by atomic mass is 10.0. The highest BCUT2D eigenvalue weighted by Crippen LogP contribution is 2.27. The van der Waals surface area contributed by atoms with Gasteiger partial charge in [0.2, 0.25) is 11.7 Å². The predicted molar refractivity (Wildman–Crippen MR) is 123 cm³/mol. The van der Waals surface area contributed by atoms with Crippen molar-refractivity contribution in [3.63, 3.8) is 0 Å². The Morgan fingerprint density at radius 2 is 2.03 bits per heavy atom. The van der Waals surface area contributed by atoms with E-state index in [1.54, 1.807) is 28.9 Å². The lowest BCUT2D eigenvalue weighted by molar-refractivity contribution is -0.00238. The summed E-state index contributed by atoms with van der Waals surface area (Å²) in [5, 5.41) is 20.4. The zero-order valence-corrected chi connectivity index (χ0v) is 19.0. The highest BCUT2D eigenvalue weighted by atomic mass is 19.1. The molecule has 0 saturated heterocycles. The molecule has 4 aromatic heterocycles. The van der Waals surface area contributed by atoms with Crippen LogP contribution in [0.3, 0.4) is 0 Å². The maximum absolute atomic E-state index is 14.3. The first-order valence-corrected chi connectivity index (χ1v) is 10.6. The summed E-state index contributed by atoms with van der Waals surface area (Å²) in [5.74, 6) is 0.489. The number of methoxy groups -OCH3 is 1. The molecule has 11 heteroatoms. The third kappa shape index (κ3) is 5.10. The van der Waals surface area contributed by atoms with Gasteiger partial charge in [0.05, 0.1) is 24.6 Å². The molecule has 0 spiro atoms. The fourth-order valence-electron chi connectivity index (χ4n) is 3.27. The van der Waals surface area contributed by atoms with Gasteiger partial charge in [0.25, 0.3) is 0 Å². The average molecular weight is 469 g/mol. The van der Waals surface area contributed by atoms with E-state index in [9.17, 15) is 13.9 Å². The lowest BCUT2D eigenvalue weighted by Gasteiger charge is -2.22. The Morgan fingerprint density at radius 3 is 2.76 bits per heavy atom. The highest BCUT2D eigenvalue weighted by Gasteiger charge is 2.26. The topological polar surface area (TPSA) is 109 Å². The van der Waals surface area contributed by atoms with Crippen molar-refractivity contribution in [3.8, 4) is 17.4 Å². The number of nitrogens with one attached hydrogen (secondary N) is 2. The minimum atomic E-state index is -1.46. The van der Waals surface area contributed by atoms with Gasteiger partial charge in [-0.1, -0.05) is 6.07 Å². The molecule has 34 heavy (non-hydrogen) atoms. The van der Waals surface area contributed by atoms with Crippen LogP contribution < -0.4 is 15.4 Å². The molecule has 0 aliphatic rings. The number of anilines is 2. The number of alkyl halides is 1. The van der Waals surface area contributed by atoms with E-state index in [0.717, 1.165) is 11.8 Å². The third-order valence-electron chi connectivity index (χ3n) is 5.19. The largest absolute Gasteiger partial charge is 0.481 e. The quantitative estimate of drug-likeness (QED) is 0.343. The lowest BCUT2D eigenvalue weighted by Crippen LogP contribution is -2.40. The summed E-state index contributed by atoms with van der Waals surface area (Å²) >= 11 is 0. The molecule has 0 saturated carbocycles. The van der Waals surface area contributed by atoms with E-state index in [0.29, 0.717) is 28.7 Å². The van der Waals surface area contributed by atoms with Gasteiger partial charge in [-0.25, -0.2) is 23.3 Å². The maximum Gasteiger partial charge on any atom is 0.213 e. The van der Waals surface area contributed by atoms with Crippen molar-refractivity contribution in [2.24, 2.45) is 0 Å². The molecule has 0 aliphatic heterocycles. The number of aliphatic hydroxyl groups is 1. The van der Waals surface area contributed by atoms with Gasteiger partial charge in [-0.15, -0.1) is 5.10 Å². The van der Waals surface area contributed by atoms with Crippen molar-refractivity contribution in [2.75, 3.05) is 19.0 Å². The van der Waals surface area contributed by atoms with E-state index in [-0.39, 0.29) is 18.8 Å². The van der Waals surface area contributed by atoms with E-state index in [1.807, 2.05) is 6.07 Å². The number of fused-ring (bicyclic) bond motifs is 1. The zero-order valence-electron chi connectivity index (χ0n) is 19.0. The van der Waals surface area contributed by atoms with Gasteiger partial charge in [-0.2, -0.15) is 0 Å². The van der Waals surface area contributed by atoms with Crippen LogP contribution in [-0.2, 0) is 6.54 Å². The number of ether oxygens (including phenoxy) is 1. The Morgan fingerprint density at radius 1 is 1.21 bits per heavy atom. The number of pyridine rings is 2. The van der Waals surface area contributed by atoms with Crippen molar-refractivity contribution in [3.05, 3.63) is 60.3 Å². The molecule has 4 rings (SSSR count). The second-order valence-corrected chi connectivity index (χ2v) is 8.22. The molecule has 0 radical (unpaired) electrons. The van der Waals surface area contributed by atoms with Crippen molar-refractivity contribution >= 4 is 17.0 Å². The first-order chi connectivity index (χ1) is 16.3. The molecule has 1 atom stereocenters. The van der Waals surface area contributed by atoms with Crippen LogP contribution in [-0.4, -0.2) is 55.1 Å². The summed E-state index contributed by atoms with van der Waals surface area (Å²) in [6, 6.07) is 8.52. The monoisotopic (exact) mass is 469 g/mol. The summed E-state index contributed by atoms with van der Waals surface area (Å²) in [6.45, 7) is 3.07. The minimum absolute atomic E-state index is 0.0464. The first kappa shape index (κ1) is 23.5. The summed E-state index contributed by atoms with van der Waals surface area (Å²) < 4.78 is 35.3. The minimum Gasteiger partial charge on any atom is -0.481 e. The normalized spacial score (nSPS) is 12.6. The Labute approximate surface area is 194 Å². The number of halogens is 2. The van der Waals surface area contributed by atoms with Crippen LogP contribution in [0.4, 0.5) is 20.3 Å². The molecule has 0 fully saturated rings. The Kier molecular flexibility index (Phi) is 6.66. The molecule has 9 nitrogen and oxygen atoms in total. The molecule has 178 valence electrons. The van der Waals surface area contributed by atoms with Gasteiger partial charge in [0.15, 0.2) is 11.6 Å². The molecule has 0 bridgehead atoms. The summed E-state index contributed by atoms with van der Waals surface area (Å²) in [6.07, 6.45) is 2.85. The van der Waals surface area contributed by atoms with Crippen LogP contribution in [0.1, 0.15) is 19.4 Å². The van der Waals surface area contributed by atoms with Gasteiger partial charge in [0.1, 0.15) is 17.4 Å². The van der Waals surface area contributed by atoms with Crippen molar-refractivity contribution < 1.29 is 18.6 Å². The zero-order chi connectivity index (χ0) is 24.3. The molecule has 0 aliphatic carbocycles.